The first-order chi connectivity index (χ1) is 13.3. The Hall–Kier alpha value is -3.42. The SMILES string of the molecule is CC(C)c1ccccc1NC(=O)[C@@H](C)OC(=O)COc1ccc([N+](=O)[O-])cc1. The Morgan fingerprint density at radius 1 is 1.07 bits per heavy atom. The first kappa shape index (κ1) is 20.9. The number of amides is 1. The van der Waals surface area contributed by atoms with E-state index in [9.17, 15) is 19.7 Å². The summed E-state index contributed by atoms with van der Waals surface area (Å²) >= 11 is 0. The number of anilines is 1. The van der Waals surface area contributed by atoms with E-state index in [2.05, 4.69) is 5.32 Å². The molecule has 0 bridgehead atoms. The third-order valence-electron chi connectivity index (χ3n) is 3.92. The van der Waals surface area contributed by atoms with E-state index in [1.54, 1.807) is 6.07 Å². The van der Waals surface area contributed by atoms with Crippen LogP contribution in [-0.2, 0) is 14.3 Å². The number of nitro groups is 1. The highest BCUT2D eigenvalue weighted by Crippen LogP contribution is 2.24. The molecule has 0 saturated heterocycles. The average molecular weight is 386 g/mol. The molecule has 2 aromatic carbocycles. The van der Waals surface area contributed by atoms with Gasteiger partial charge in [-0.2, -0.15) is 0 Å². The summed E-state index contributed by atoms with van der Waals surface area (Å²) in [5.74, 6) is -0.662. The van der Waals surface area contributed by atoms with Gasteiger partial charge < -0.3 is 14.8 Å². The number of benzene rings is 2. The minimum Gasteiger partial charge on any atom is -0.482 e. The van der Waals surface area contributed by atoms with Crippen LogP contribution in [0.4, 0.5) is 11.4 Å². The summed E-state index contributed by atoms with van der Waals surface area (Å²) in [5, 5.41) is 13.4. The van der Waals surface area contributed by atoms with Gasteiger partial charge in [-0.25, -0.2) is 4.79 Å². The van der Waals surface area contributed by atoms with Crippen LogP contribution >= 0.6 is 0 Å². The van der Waals surface area contributed by atoms with Gasteiger partial charge in [0.1, 0.15) is 5.75 Å². The summed E-state index contributed by atoms with van der Waals surface area (Å²) in [4.78, 5) is 34.3. The fraction of sp³-hybridized carbons (Fsp3) is 0.300. The molecule has 1 N–H and O–H groups in total. The van der Waals surface area contributed by atoms with Gasteiger partial charge in [0.15, 0.2) is 12.7 Å². The third kappa shape index (κ3) is 5.80. The Balaban J connectivity index is 1.86. The molecule has 8 heteroatoms. The Kier molecular flexibility index (Phi) is 7.08. The van der Waals surface area contributed by atoms with E-state index < -0.39 is 29.5 Å². The quantitative estimate of drug-likeness (QED) is 0.421. The van der Waals surface area contributed by atoms with E-state index in [0.29, 0.717) is 5.69 Å². The Morgan fingerprint density at radius 3 is 2.32 bits per heavy atom. The molecule has 148 valence electrons. The number of non-ortho nitro benzene ring substituents is 1. The number of rotatable bonds is 8. The fourth-order valence-electron chi connectivity index (χ4n) is 2.44. The van der Waals surface area contributed by atoms with Crippen LogP contribution < -0.4 is 10.1 Å². The van der Waals surface area contributed by atoms with Crippen molar-refractivity contribution < 1.29 is 24.0 Å². The van der Waals surface area contributed by atoms with E-state index in [4.69, 9.17) is 9.47 Å². The van der Waals surface area contributed by atoms with Crippen molar-refractivity contribution in [1.29, 1.82) is 0 Å². The molecule has 0 aliphatic heterocycles. The van der Waals surface area contributed by atoms with Crippen molar-refractivity contribution in [3.05, 3.63) is 64.2 Å². The summed E-state index contributed by atoms with van der Waals surface area (Å²) in [6.45, 7) is 5.09. The van der Waals surface area contributed by atoms with Crippen LogP contribution in [0.3, 0.4) is 0 Å². The predicted octanol–water partition coefficient (Wildman–Crippen LogP) is 3.67. The molecule has 0 fully saturated rings. The lowest BCUT2D eigenvalue weighted by molar-refractivity contribution is -0.384. The number of nitrogens with zero attached hydrogens (tertiary/aromatic N) is 1. The van der Waals surface area contributed by atoms with Crippen molar-refractivity contribution in [2.24, 2.45) is 0 Å². The van der Waals surface area contributed by atoms with E-state index in [1.807, 2.05) is 32.0 Å². The molecule has 8 nitrogen and oxygen atoms in total. The molecule has 2 rings (SSSR count). The van der Waals surface area contributed by atoms with Crippen molar-refractivity contribution in [2.45, 2.75) is 32.8 Å². The Labute approximate surface area is 162 Å². The fourth-order valence-corrected chi connectivity index (χ4v) is 2.44. The van der Waals surface area contributed by atoms with Crippen molar-refractivity contribution in [3.8, 4) is 5.75 Å². The summed E-state index contributed by atoms with van der Waals surface area (Å²) in [7, 11) is 0. The molecule has 0 radical (unpaired) electrons. The van der Waals surface area contributed by atoms with E-state index in [1.165, 1.54) is 31.2 Å². The Morgan fingerprint density at radius 2 is 1.71 bits per heavy atom. The van der Waals surface area contributed by atoms with E-state index >= 15 is 0 Å². The summed E-state index contributed by atoms with van der Waals surface area (Å²) in [6, 6.07) is 12.7. The number of hydrogen-bond donors (Lipinski definition) is 1. The standard InChI is InChI=1S/C20H22N2O6/c1-13(2)17-6-4-5-7-18(17)21-20(24)14(3)28-19(23)12-27-16-10-8-15(9-11-16)22(25)26/h4-11,13-14H,12H2,1-3H3,(H,21,24)/t14-/m1/s1. The monoisotopic (exact) mass is 386 g/mol. The highest BCUT2D eigenvalue weighted by Gasteiger charge is 2.19. The lowest BCUT2D eigenvalue weighted by Crippen LogP contribution is -2.32. The maximum atomic E-state index is 12.3. The summed E-state index contributed by atoms with van der Waals surface area (Å²) in [5.41, 5.74) is 1.57. The molecule has 2 aromatic rings. The van der Waals surface area contributed by atoms with Crippen molar-refractivity contribution in [2.75, 3.05) is 11.9 Å². The van der Waals surface area contributed by atoms with Gasteiger partial charge in [0, 0.05) is 17.8 Å². The second-order valence-corrected chi connectivity index (χ2v) is 6.40. The van der Waals surface area contributed by atoms with E-state index in [0.717, 1.165) is 5.56 Å². The molecular weight excluding hydrogens is 364 g/mol. The normalized spacial score (nSPS) is 11.6. The van der Waals surface area contributed by atoms with Gasteiger partial charge in [0.05, 0.1) is 4.92 Å². The van der Waals surface area contributed by atoms with Gasteiger partial charge in [-0.15, -0.1) is 0 Å². The molecule has 1 atom stereocenters. The summed E-state index contributed by atoms with van der Waals surface area (Å²) < 4.78 is 10.3. The maximum Gasteiger partial charge on any atom is 0.344 e. The lowest BCUT2D eigenvalue weighted by Gasteiger charge is -2.17. The van der Waals surface area contributed by atoms with Gasteiger partial charge in [0.25, 0.3) is 11.6 Å². The second-order valence-electron chi connectivity index (χ2n) is 6.40. The van der Waals surface area contributed by atoms with Crippen molar-refractivity contribution in [1.82, 2.24) is 0 Å². The van der Waals surface area contributed by atoms with Crippen LogP contribution in [0, 0.1) is 10.1 Å². The van der Waals surface area contributed by atoms with Crippen LogP contribution in [0.2, 0.25) is 0 Å². The highest BCUT2D eigenvalue weighted by molar-refractivity contribution is 5.95. The number of carbonyl (C=O) groups is 2. The predicted molar refractivity (Wildman–Crippen MR) is 103 cm³/mol. The Bertz CT molecular complexity index is 848. The van der Waals surface area contributed by atoms with Crippen LogP contribution in [-0.4, -0.2) is 29.5 Å². The number of ether oxygens (including phenoxy) is 2. The minimum atomic E-state index is -1.01. The second kappa shape index (κ2) is 9.50. The van der Waals surface area contributed by atoms with E-state index in [-0.39, 0.29) is 17.4 Å². The minimum absolute atomic E-state index is 0.0816. The molecule has 0 aliphatic rings. The number of esters is 1. The topological polar surface area (TPSA) is 108 Å². The third-order valence-corrected chi connectivity index (χ3v) is 3.92. The molecular formula is C20H22N2O6. The zero-order valence-electron chi connectivity index (χ0n) is 15.9. The molecule has 0 spiro atoms. The van der Waals surface area contributed by atoms with Gasteiger partial charge in [0.2, 0.25) is 0 Å². The first-order valence-corrected chi connectivity index (χ1v) is 8.74. The summed E-state index contributed by atoms with van der Waals surface area (Å²) in [6.07, 6.45) is -1.01. The largest absolute Gasteiger partial charge is 0.482 e. The molecule has 28 heavy (non-hydrogen) atoms. The van der Waals surface area contributed by atoms with Crippen LogP contribution in [0.15, 0.2) is 48.5 Å². The van der Waals surface area contributed by atoms with Crippen LogP contribution in [0.25, 0.3) is 0 Å². The van der Waals surface area contributed by atoms with Crippen molar-refractivity contribution >= 4 is 23.3 Å². The van der Waals surface area contributed by atoms with Crippen LogP contribution in [0.1, 0.15) is 32.3 Å². The zero-order chi connectivity index (χ0) is 20.7. The molecule has 0 aliphatic carbocycles. The lowest BCUT2D eigenvalue weighted by atomic mass is 10.0. The van der Waals surface area contributed by atoms with Crippen molar-refractivity contribution in [3.63, 3.8) is 0 Å². The van der Waals surface area contributed by atoms with Gasteiger partial charge >= 0.3 is 5.97 Å². The zero-order valence-corrected chi connectivity index (χ0v) is 15.9. The number of nitrogens with one attached hydrogen (secondary N) is 1. The molecule has 0 unspecified atom stereocenters. The van der Waals surface area contributed by atoms with Gasteiger partial charge in [-0.1, -0.05) is 32.0 Å². The number of nitro benzene ring substituents is 1. The molecule has 1 amide bonds. The first-order valence-electron chi connectivity index (χ1n) is 8.74. The molecule has 0 heterocycles. The number of carbonyl (C=O) groups excluding carboxylic acids is 2. The van der Waals surface area contributed by atoms with Gasteiger partial charge in [-0.05, 0) is 36.6 Å². The smallest absolute Gasteiger partial charge is 0.344 e. The number of para-hydroxylation sites is 1. The van der Waals surface area contributed by atoms with Gasteiger partial charge in [-0.3, -0.25) is 14.9 Å². The number of hydrogen-bond acceptors (Lipinski definition) is 6. The maximum absolute atomic E-state index is 12.3. The van der Waals surface area contributed by atoms with Crippen LogP contribution in [0.5, 0.6) is 5.75 Å². The molecule has 0 aromatic heterocycles. The highest BCUT2D eigenvalue weighted by atomic mass is 16.6. The average Bonchev–Trinajstić information content (AvgIpc) is 2.66. The molecule has 0 saturated carbocycles.